The van der Waals surface area contributed by atoms with Crippen molar-refractivity contribution in [3.05, 3.63) is 107 Å². The largest absolute Gasteiger partial charge is 0.478 e. The van der Waals surface area contributed by atoms with Gasteiger partial charge in [-0.25, -0.2) is 9.18 Å². The zero-order valence-corrected chi connectivity index (χ0v) is 20.3. The highest BCUT2D eigenvalue weighted by molar-refractivity contribution is 6.30. The minimum Gasteiger partial charge on any atom is -0.478 e. The van der Waals surface area contributed by atoms with Gasteiger partial charge < -0.3 is 15.7 Å². The summed E-state index contributed by atoms with van der Waals surface area (Å²) >= 11 is 6.12. The van der Waals surface area contributed by atoms with E-state index in [1.54, 1.807) is 42.5 Å². The molecule has 3 aromatic carbocycles. The summed E-state index contributed by atoms with van der Waals surface area (Å²) in [5.41, 5.74) is 1.40. The standard InChI is InChI=1S/C26H20ClFN6O4/c27-19-8-10-23(34-15-29-32-33-34)17(13-19)7-11-24(35)30-22(12-16-4-2-1-3-5-16)25(36)31-21-9-6-18(26(37)38)14-20(21)28/h1-11,13-15,22H,12H2,(H,30,35)(H,31,36)(H,37,38)/t22-/m0/s1. The Morgan fingerprint density at radius 2 is 1.87 bits per heavy atom. The van der Waals surface area contributed by atoms with Crippen molar-refractivity contribution in [2.75, 3.05) is 5.32 Å². The van der Waals surface area contributed by atoms with Gasteiger partial charge in [-0.3, -0.25) is 9.59 Å². The van der Waals surface area contributed by atoms with E-state index in [2.05, 4.69) is 26.2 Å². The number of carbonyl (C=O) groups is 3. The third-order valence-corrected chi connectivity index (χ3v) is 5.62. The number of tetrazole rings is 1. The van der Waals surface area contributed by atoms with Gasteiger partial charge in [-0.1, -0.05) is 41.9 Å². The molecule has 0 spiro atoms. The first-order valence-electron chi connectivity index (χ1n) is 11.2. The summed E-state index contributed by atoms with van der Waals surface area (Å²) in [5, 5.41) is 25.6. The van der Waals surface area contributed by atoms with E-state index in [9.17, 15) is 18.8 Å². The number of amides is 2. The first kappa shape index (κ1) is 26.2. The highest BCUT2D eigenvalue weighted by Gasteiger charge is 2.22. The van der Waals surface area contributed by atoms with Crippen LogP contribution in [0.3, 0.4) is 0 Å². The van der Waals surface area contributed by atoms with Gasteiger partial charge in [0.1, 0.15) is 18.2 Å². The second-order valence-electron chi connectivity index (χ2n) is 8.03. The molecule has 1 aromatic heterocycles. The number of hydrogen-bond acceptors (Lipinski definition) is 6. The number of hydrogen-bond donors (Lipinski definition) is 3. The van der Waals surface area contributed by atoms with E-state index in [1.807, 2.05) is 6.07 Å². The van der Waals surface area contributed by atoms with Gasteiger partial charge in [0, 0.05) is 23.1 Å². The molecule has 0 fully saturated rings. The molecule has 1 heterocycles. The summed E-state index contributed by atoms with van der Waals surface area (Å²) in [5.74, 6) is -3.50. The summed E-state index contributed by atoms with van der Waals surface area (Å²) in [6.45, 7) is 0. The van der Waals surface area contributed by atoms with E-state index in [4.69, 9.17) is 16.7 Å². The molecule has 0 unspecified atom stereocenters. The van der Waals surface area contributed by atoms with Crippen molar-refractivity contribution >= 4 is 41.1 Å². The van der Waals surface area contributed by atoms with Crippen LogP contribution in [0.5, 0.6) is 0 Å². The zero-order chi connectivity index (χ0) is 27.1. The predicted molar refractivity (Wildman–Crippen MR) is 137 cm³/mol. The Labute approximate surface area is 220 Å². The number of aromatic nitrogens is 4. The number of rotatable bonds is 9. The molecule has 0 saturated heterocycles. The topological polar surface area (TPSA) is 139 Å². The van der Waals surface area contributed by atoms with Crippen LogP contribution in [0.25, 0.3) is 11.8 Å². The Morgan fingerprint density at radius 3 is 2.55 bits per heavy atom. The van der Waals surface area contributed by atoms with Gasteiger partial charge >= 0.3 is 5.97 Å². The van der Waals surface area contributed by atoms with Crippen LogP contribution in [0, 0.1) is 5.82 Å². The highest BCUT2D eigenvalue weighted by Crippen LogP contribution is 2.20. The Kier molecular flexibility index (Phi) is 8.19. The van der Waals surface area contributed by atoms with E-state index in [-0.39, 0.29) is 17.7 Å². The van der Waals surface area contributed by atoms with Gasteiger partial charge in [-0.05, 0) is 58.5 Å². The Balaban J connectivity index is 1.54. The van der Waals surface area contributed by atoms with Gasteiger partial charge in [0.05, 0.1) is 16.9 Å². The number of benzene rings is 3. The molecule has 12 heteroatoms. The predicted octanol–water partition coefficient (Wildman–Crippen LogP) is 3.53. The molecule has 4 rings (SSSR count). The number of carbonyl (C=O) groups excluding carboxylic acids is 2. The second kappa shape index (κ2) is 11.9. The second-order valence-corrected chi connectivity index (χ2v) is 8.47. The molecular formula is C26H20ClFN6O4. The molecule has 192 valence electrons. The third-order valence-electron chi connectivity index (χ3n) is 5.39. The van der Waals surface area contributed by atoms with Crippen molar-refractivity contribution in [2.24, 2.45) is 0 Å². The number of aromatic carboxylic acids is 1. The molecule has 3 N–H and O–H groups in total. The van der Waals surface area contributed by atoms with Crippen LogP contribution in [0.2, 0.25) is 5.02 Å². The van der Waals surface area contributed by atoms with Crippen molar-refractivity contribution < 1.29 is 23.9 Å². The molecule has 10 nitrogen and oxygen atoms in total. The summed E-state index contributed by atoms with van der Waals surface area (Å²) < 4.78 is 15.8. The molecule has 0 saturated carbocycles. The number of anilines is 1. The lowest BCUT2D eigenvalue weighted by Gasteiger charge is -2.18. The normalized spacial score (nSPS) is 11.7. The van der Waals surface area contributed by atoms with Crippen LogP contribution >= 0.6 is 11.6 Å². The van der Waals surface area contributed by atoms with Crippen LogP contribution in [0.1, 0.15) is 21.5 Å². The van der Waals surface area contributed by atoms with Crippen LogP contribution in [0.4, 0.5) is 10.1 Å². The Hall–Kier alpha value is -4.90. The first-order valence-corrected chi connectivity index (χ1v) is 11.6. The minimum absolute atomic E-state index is 0.119. The number of nitrogens with one attached hydrogen (secondary N) is 2. The van der Waals surface area contributed by atoms with E-state index in [0.29, 0.717) is 16.3 Å². The van der Waals surface area contributed by atoms with Gasteiger partial charge in [0.25, 0.3) is 0 Å². The van der Waals surface area contributed by atoms with Gasteiger partial charge in [0.15, 0.2) is 0 Å². The highest BCUT2D eigenvalue weighted by atomic mass is 35.5. The lowest BCUT2D eigenvalue weighted by molar-refractivity contribution is -0.123. The summed E-state index contributed by atoms with van der Waals surface area (Å²) in [6, 6.07) is 16.0. The van der Waals surface area contributed by atoms with Crippen LogP contribution in [-0.2, 0) is 16.0 Å². The molecule has 1 atom stereocenters. The van der Waals surface area contributed by atoms with Crippen LogP contribution in [-0.4, -0.2) is 49.1 Å². The van der Waals surface area contributed by atoms with Gasteiger partial charge in [0.2, 0.25) is 11.8 Å². The van der Waals surface area contributed by atoms with Crippen LogP contribution in [0.15, 0.2) is 79.1 Å². The van der Waals surface area contributed by atoms with Crippen molar-refractivity contribution in [3.8, 4) is 5.69 Å². The lowest BCUT2D eigenvalue weighted by Crippen LogP contribution is -2.44. The number of carboxylic acids is 1. The first-order chi connectivity index (χ1) is 18.3. The van der Waals surface area contributed by atoms with Crippen molar-refractivity contribution in [1.29, 1.82) is 0 Å². The minimum atomic E-state index is -1.30. The van der Waals surface area contributed by atoms with Gasteiger partial charge in [-0.15, -0.1) is 5.10 Å². The molecule has 0 aliphatic carbocycles. The van der Waals surface area contributed by atoms with Crippen molar-refractivity contribution in [2.45, 2.75) is 12.5 Å². The third kappa shape index (κ3) is 6.65. The summed E-state index contributed by atoms with van der Waals surface area (Å²) in [7, 11) is 0. The summed E-state index contributed by atoms with van der Waals surface area (Å²) in [4.78, 5) is 37.0. The van der Waals surface area contributed by atoms with Crippen molar-refractivity contribution in [3.63, 3.8) is 0 Å². The maximum absolute atomic E-state index is 14.4. The molecule has 38 heavy (non-hydrogen) atoms. The number of halogens is 2. The lowest BCUT2D eigenvalue weighted by atomic mass is 10.0. The molecule has 0 aliphatic rings. The number of carboxylic acid groups (broad SMARTS) is 1. The van der Waals surface area contributed by atoms with Crippen molar-refractivity contribution in [1.82, 2.24) is 25.5 Å². The van der Waals surface area contributed by atoms with E-state index in [0.717, 1.165) is 17.7 Å². The van der Waals surface area contributed by atoms with Gasteiger partial charge in [-0.2, -0.15) is 4.68 Å². The number of nitrogens with zero attached hydrogens (tertiary/aromatic N) is 4. The average Bonchev–Trinajstić information content (AvgIpc) is 3.43. The van der Waals surface area contributed by atoms with E-state index < -0.39 is 29.6 Å². The SMILES string of the molecule is O=C(C=Cc1cc(Cl)ccc1-n1cnnn1)N[C@@H](Cc1ccccc1)C(=O)Nc1ccc(C(=O)O)cc1F. The maximum atomic E-state index is 14.4. The fourth-order valence-electron chi connectivity index (χ4n) is 3.55. The molecule has 0 aliphatic heterocycles. The fourth-order valence-corrected chi connectivity index (χ4v) is 3.73. The van der Waals surface area contributed by atoms with E-state index >= 15 is 0 Å². The maximum Gasteiger partial charge on any atom is 0.335 e. The molecule has 0 radical (unpaired) electrons. The quantitative estimate of drug-likeness (QED) is 0.279. The smallest absolute Gasteiger partial charge is 0.335 e. The Morgan fingerprint density at radius 1 is 1.08 bits per heavy atom. The molecule has 2 amide bonds. The fraction of sp³-hybridized carbons (Fsp3) is 0.0769. The Bertz CT molecular complexity index is 1500. The van der Waals surface area contributed by atoms with E-state index in [1.165, 1.54) is 29.2 Å². The monoisotopic (exact) mass is 534 g/mol. The zero-order valence-electron chi connectivity index (χ0n) is 19.6. The summed E-state index contributed by atoms with van der Waals surface area (Å²) in [6.07, 6.45) is 4.24. The molecule has 0 bridgehead atoms. The van der Waals surface area contributed by atoms with Crippen LogP contribution < -0.4 is 10.6 Å². The molecule has 4 aromatic rings. The average molecular weight is 535 g/mol. The molecular weight excluding hydrogens is 515 g/mol.